The summed E-state index contributed by atoms with van der Waals surface area (Å²) in [6, 6.07) is 5.21. The quantitative estimate of drug-likeness (QED) is 0.270. The summed E-state index contributed by atoms with van der Waals surface area (Å²) >= 11 is 0. The van der Waals surface area contributed by atoms with Crippen LogP contribution in [0.15, 0.2) is 10.3 Å². The van der Waals surface area contributed by atoms with Gasteiger partial charge in [-0.3, -0.25) is 0 Å². The van der Waals surface area contributed by atoms with Crippen molar-refractivity contribution in [3.05, 3.63) is 0 Å². The Labute approximate surface area is 134 Å². The summed E-state index contributed by atoms with van der Waals surface area (Å²) in [5.41, 5.74) is 1.09. The maximum absolute atomic E-state index is 8.84. The highest BCUT2D eigenvalue weighted by molar-refractivity contribution is 6.60. The Morgan fingerprint density at radius 1 is 1.14 bits per heavy atom. The van der Waals surface area contributed by atoms with Crippen LogP contribution in [0, 0.1) is 0 Å². The number of oxime groups is 2. The van der Waals surface area contributed by atoms with Crippen LogP contribution in [0.4, 0.5) is 0 Å². The van der Waals surface area contributed by atoms with Crippen molar-refractivity contribution in [2.45, 2.75) is 55.5 Å². The predicted molar refractivity (Wildman–Crippen MR) is 99.1 cm³/mol. The van der Waals surface area contributed by atoms with Crippen molar-refractivity contribution >= 4 is 40.4 Å². The molecular weight excluding hydrogens is 314 g/mol. The minimum atomic E-state index is -0.879. The molecule has 21 heavy (non-hydrogen) atoms. The highest BCUT2D eigenvalue weighted by atomic mass is 28.3. The molecule has 0 amide bonds. The lowest BCUT2D eigenvalue weighted by atomic mass is 10.4. The zero-order valence-corrected chi connectivity index (χ0v) is 17.5. The smallest absolute Gasteiger partial charge is 0.112 e. The van der Waals surface area contributed by atoms with Gasteiger partial charge in [-0.1, -0.05) is 25.9 Å². The molecule has 0 bridgehead atoms. The molecule has 3 unspecified atom stereocenters. The van der Waals surface area contributed by atoms with Crippen LogP contribution in [0.2, 0.25) is 35.3 Å². The molecule has 5 nitrogen and oxygen atoms in total. The fourth-order valence-electron chi connectivity index (χ4n) is 3.45. The molecule has 122 valence electrons. The highest BCUT2D eigenvalue weighted by Gasteiger charge is 2.29. The maximum atomic E-state index is 8.84. The van der Waals surface area contributed by atoms with Crippen LogP contribution < -0.4 is 0 Å². The third-order valence-electron chi connectivity index (χ3n) is 4.42. The Balaban J connectivity index is 2.56. The van der Waals surface area contributed by atoms with Crippen molar-refractivity contribution in [2.24, 2.45) is 10.3 Å². The van der Waals surface area contributed by atoms with Gasteiger partial charge < -0.3 is 15.0 Å². The van der Waals surface area contributed by atoms with E-state index in [2.05, 4.69) is 28.7 Å². The second kappa shape index (κ2) is 11.2. The summed E-state index contributed by atoms with van der Waals surface area (Å²) in [5, 5.41) is 24.3. The Morgan fingerprint density at radius 3 is 2.38 bits per heavy atom. The highest BCUT2D eigenvalue weighted by Crippen LogP contribution is 2.25. The van der Waals surface area contributed by atoms with Gasteiger partial charge in [-0.2, -0.15) is 0 Å². The first-order valence-corrected chi connectivity index (χ1v) is 14.1. The minimum absolute atomic E-state index is 0.137. The molecule has 0 aliphatic carbocycles. The monoisotopic (exact) mass is 345 g/mol. The first-order valence-electron chi connectivity index (χ1n) is 8.34. The van der Waals surface area contributed by atoms with Crippen LogP contribution in [0.3, 0.4) is 0 Å². The fourth-order valence-corrected chi connectivity index (χ4v) is 11.8. The van der Waals surface area contributed by atoms with Gasteiger partial charge in [0, 0.05) is 31.5 Å². The zero-order chi connectivity index (χ0) is 15.5. The van der Waals surface area contributed by atoms with Crippen LogP contribution in [-0.4, -0.2) is 68.5 Å². The molecule has 8 heteroatoms. The molecule has 1 fully saturated rings. The first-order chi connectivity index (χ1) is 10.2. The molecule has 0 aromatic heterocycles. The van der Waals surface area contributed by atoms with E-state index in [1.807, 2.05) is 0 Å². The van der Waals surface area contributed by atoms with E-state index in [1.165, 1.54) is 37.1 Å². The molecule has 0 saturated carbocycles. The van der Waals surface area contributed by atoms with Crippen molar-refractivity contribution in [3.63, 3.8) is 0 Å². The van der Waals surface area contributed by atoms with E-state index in [0.717, 1.165) is 6.54 Å². The maximum Gasteiger partial charge on any atom is 0.112 e. The normalized spacial score (nSPS) is 24.4. The Morgan fingerprint density at radius 2 is 1.76 bits per heavy atom. The Hall–Kier alpha value is -0.449. The zero-order valence-electron chi connectivity index (χ0n) is 13.5. The van der Waals surface area contributed by atoms with Gasteiger partial charge in [0.05, 0.1) is 0 Å². The van der Waals surface area contributed by atoms with Gasteiger partial charge in [0.15, 0.2) is 0 Å². The number of nitrogens with zero attached hydrogens (tertiary/aromatic N) is 3. The number of hydrogen-bond acceptors (Lipinski definition) is 5. The van der Waals surface area contributed by atoms with E-state index < -0.39 is 8.96 Å². The summed E-state index contributed by atoms with van der Waals surface area (Å²) in [4.78, 5) is 0. The van der Waals surface area contributed by atoms with Crippen molar-refractivity contribution in [2.75, 3.05) is 13.1 Å². The molecule has 0 aromatic carbocycles. The average Bonchev–Trinajstić information content (AvgIpc) is 2.87. The van der Waals surface area contributed by atoms with Gasteiger partial charge in [0.2, 0.25) is 0 Å². The van der Waals surface area contributed by atoms with Gasteiger partial charge in [-0.05, 0) is 42.7 Å². The summed E-state index contributed by atoms with van der Waals surface area (Å²) in [5.74, 6) is 0. The molecule has 1 aliphatic heterocycles. The topological polar surface area (TPSA) is 68.4 Å². The summed E-state index contributed by atoms with van der Waals surface area (Å²) < 4.78 is 2.72. The van der Waals surface area contributed by atoms with E-state index in [0.29, 0.717) is 11.1 Å². The molecule has 1 heterocycles. The van der Waals surface area contributed by atoms with E-state index in [9.17, 15) is 0 Å². The van der Waals surface area contributed by atoms with Crippen LogP contribution in [0.5, 0.6) is 0 Å². The van der Waals surface area contributed by atoms with E-state index >= 15 is 0 Å². The largest absolute Gasteiger partial charge is 0.411 e. The summed E-state index contributed by atoms with van der Waals surface area (Å²) in [7, 11) is -1.18. The van der Waals surface area contributed by atoms with Crippen LogP contribution >= 0.6 is 0 Å². The molecule has 1 aliphatic rings. The van der Waals surface area contributed by atoms with Gasteiger partial charge in [-0.15, -0.1) is 10.3 Å². The fraction of sp³-hybridized carbons (Fsp3) is 0.846. The van der Waals surface area contributed by atoms with Crippen LogP contribution in [-0.2, 0) is 0 Å². The average molecular weight is 346 g/mol. The Bertz CT molecular complexity index is 302. The molecule has 1 rings (SSSR count). The molecule has 2 N–H and O–H groups in total. The van der Waals surface area contributed by atoms with E-state index in [4.69, 9.17) is 10.4 Å². The van der Waals surface area contributed by atoms with E-state index in [-0.39, 0.29) is 19.0 Å². The van der Waals surface area contributed by atoms with Crippen LogP contribution in [0.25, 0.3) is 0 Å². The lowest BCUT2D eigenvalue weighted by Gasteiger charge is -2.28. The van der Waals surface area contributed by atoms with Crippen LogP contribution in [0.1, 0.15) is 20.3 Å². The predicted octanol–water partition coefficient (Wildman–Crippen LogP) is 1.13. The van der Waals surface area contributed by atoms with Gasteiger partial charge in [0.25, 0.3) is 0 Å². The lowest BCUT2D eigenvalue weighted by molar-refractivity contribution is 0.319. The van der Waals surface area contributed by atoms with Crippen molar-refractivity contribution in [3.8, 4) is 0 Å². The van der Waals surface area contributed by atoms with Crippen molar-refractivity contribution < 1.29 is 10.4 Å². The third-order valence-corrected chi connectivity index (χ3v) is 12.5. The Kier molecular flexibility index (Phi) is 9.89. The lowest BCUT2D eigenvalue weighted by Crippen LogP contribution is -2.38. The van der Waals surface area contributed by atoms with Gasteiger partial charge >= 0.3 is 0 Å². The van der Waals surface area contributed by atoms with E-state index in [1.54, 1.807) is 12.4 Å². The van der Waals surface area contributed by atoms with Crippen molar-refractivity contribution in [1.82, 2.24) is 4.57 Å². The number of hydrogen-bond donors (Lipinski definition) is 2. The van der Waals surface area contributed by atoms with Gasteiger partial charge in [0.1, 0.15) is 8.96 Å². The molecule has 1 saturated heterocycles. The molecular formula is C13H31N3O2Si3. The molecule has 3 atom stereocenters. The van der Waals surface area contributed by atoms with Crippen molar-refractivity contribution in [1.29, 1.82) is 0 Å². The third kappa shape index (κ3) is 6.90. The molecule has 0 aromatic rings. The second-order valence-electron chi connectivity index (χ2n) is 6.15. The number of rotatable bonds is 10. The summed E-state index contributed by atoms with van der Waals surface area (Å²) in [6.45, 7) is 6.82. The first kappa shape index (κ1) is 18.6. The second-order valence-corrected chi connectivity index (χ2v) is 14.5. The minimum Gasteiger partial charge on any atom is -0.411 e. The molecule has 0 spiro atoms. The SMILES string of the molecule is CC[SiH2]C(C=NO)CN1CCC[SiH]1CC(C=NO)[SiH2]CC. The standard InChI is InChI=1S/C13H31N3O2Si3/c1-3-19-12(8-14-17)10-16-6-5-7-21(16)11-13(9-15-18)20-4-2/h8-9,12-13,17-18,21H,3-7,10-11,19-20H2,1-2H3. The molecule has 0 radical (unpaired) electrons. The summed E-state index contributed by atoms with van der Waals surface area (Å²) in [6.07, 6.45) is 4.89. The van der Waals surface area contributed by atoms with Gasteiger partial charge in [-0.25, -0.2) is 0 Å².